The molecule has 6 nitrogen and oxygen atoms in total. The summed E-state index contributed by atoms with van der Waals surface area (Å²) in [5, 5.41) is 19.8. The molecule has 0 bridgehead atoms. The third-order valence-electron chi connectivity index (χ3n) is 4.83. The molecule has 33 heavy (non-hydrogen) atoms. The number of oxazole rings is 1. The zero-order chi connectivity index (χ0) is 23.5. The van der Waals surface area contributed by atoms with Crippen LogP contribution in [0.5, 0.6) is 0 Å². The van der Waals surface area contributed by atoms with Gasteiger partial charge in [0.15, 0.2) is 11.6 Å². The minimum absolute atomic E-state index is 0.0252. The number of nitriles is 2. The lowest BCUT2D eigenvalue weighted by molar-refractivity contribution is 0.507. The van der Waals surface area contributed by atoms with Crippen LogP contribution < -0.4 is 5.73 Å². The first kappa shape index (κ1) is 22.0. The SMILES string of the molecule is Cc1ccc(-c2c(C#N)c(N)nc(SCc3coc(-c4ccc(F)c(F)c4)n3)c2C#N)cc1. The van der Waals surface area contributed by atoms with E-state index < -0.39 is 11.6 Å². The molecule has 0 unspecified atom stereocenters. The molecule has 162 valence electrons. The second kappa shape index (κ2) is 9.11. The molecule has 0 saturated heterocycles. The summed E-state index contributed by atoms with van der Waals surface area (Å²) in [6.07, 6.45) is 1.39. The number of nitrogens with two attached hydrogens (primary N) is 1. The van der Waals surface area contributed by atoms with Crippen molar-refractivity contribution < 1.29 is 13.2 Å². The summed E-state index contributed by atoms with van der Waals surface area (Å²) in [5.41, 5.74) is 9.37. The molecule has 0 atom stereocenters. The van der Waals surface area contributed by atoms with Crippen molar-refractivity contribution in [3.63, 3.8) is 0 Å². The van der Waals surface area contributed by atoms with Crippen molar-refractivity contribution in [2.75, 3.05) is 5.73 Å². The lowest BCUT2D eigenvalue weighted by Crippen LogP contribution is -2.03. The first-order chi connectivity index (χ1) is 15.9. The fraction of sp³-hybridized carbons (Fsp3) is 0.0833. The van der Waals surface area contributed by atoms with Crippen LogP contribution in [-0.4, -0.2) is 9.97 Å². The Kier molecular flexibility index (Phi) is 6.07. The highest BCUT2D eigenvalue weighted by atomic mass is 32.2. The highest BCUT2D eigenvalue weighted by Gasteiger charge is 2.21. The van der Waals surface area contributed by atoms with Gasteiger partial charge in [0.05, 0.1) is 11.3 Å². The summed E-state index contributed by atoms with van der Waals surface area (Å²) < 4.78 is 32.1. The maximum Gasteiger partial charge on any atom is 0.226 e. The number of thioether (sulfide) groups is 1. The van der Waals surface area contributed by atoms with Gasteiger partial charge in [-0.25, -0.2) is 18.7 Å². The van der Waals surface area contributed by atoms with E-state index in [2.05, 4.69) is 22.1 Å². The molecular formula is C24H15F2N5OS. The number of nitrogens with zero attached hydrogens (tertiary/aromatic N) is 4. The van der Waals surface area contributed by atoms with E-state index in [0.717, 1.165) is 17.7 Å². The van der Waals surface area contributed by atoms with Gasteiger partial charge in [-0.1, -0.05) is 41.6 Å². The topological polar surface area (TPSA) is 113 Å². The summed E-state index contributed by atoms with van der Waals surface area (Å²) in [5.74, 6) is -1.52. The Hall–Kier alpha value is -4.21. The summed E-state index contributed by atoms with van der Waals surface area (Å²) in [7, 11) is 0. The highest BCUT2D eigenvalue weighted by Crippen LogP contribution is 2.36. The van der Waals surface area contributed by atoms with Gasteiger partial charge in [-0.3, -0.25) is 0 Å². The molecule has 0 aliphatic rings. The van der Waals surface area contributed by atoms with Crippen molar-refractivity contribution in [3.8, 4) is 34.7 Å². The molecular weight excluding hydrogens is 444 g/mol. The lowest BCUT2D eigenvalue weighted by atomic mass is 9.96. The van der Waals surface area contributed by atoms with Gasteiger partial charge in [0, 0.05) is 16.9 Å². The molecule has 0 fully saturated rings. The van der Waals surface area contributed by atoms with Crippen LogP contribution in [0.3, 0.4) is 0 Å². The fourth-order valence-corrected chi connectivity index (χ4v) is 4.06. The number of nitrogen functional groups attached to an aromatic ring is 1. The zero-order valence-corrected chi connectivity index (χ0v) is 18.1. The van der Waals surface area contributed by atoms with E-state index in [1.807, 2.05) is 31.2 Å². The Bertz CT molecular complexity index is 1440. The van der Waals surface area contributed by atoms with Crippen LogP contribution in [0.15, 0.2) is 58.2 Å². The van der Waals surface area contributed by atoms with Gasteiger partial charge in [0.25, 0.3) is 0 Å². The number of anilines is 1. The molecule has 4 aromatic rings. The highest BCUT2D eigenvalue weighted by molar-refractivity contribution is 7.98. The van der Waals surface area contributed by atoms with Crippen LogP contribution in [0.1, 0.15) is 22.4 Å². The Morgan fingerprint density at radius 3 is 2.33 bits per heavy atom. The molecule has 0 aliphatic carbocycles. The summed E-state index contributed by atoms with van der Waals surface area (Å²) in [6.45, 7) is 1.94. The molecule has 2 N–H and O–H groups in total. The van der Waals surface area contributed by atoms with Gasteiger partial charge in [-0.05, 0) is 30.7 Å². The van der Waals surface area contributed by atoms with Gasteiger partial charge in [0.1, 0.15) is 34.8 Å². The average molecular weight is 459 g/mol. The molecule has 0 saturated carbocycles. The van der Waals surface area contributed by atoms with E-state index in [0.29, 0.717) is 27.4 Å². The van der Waals surface area contributed by atoms with Gasteiger partial charge in [-0.15, -0.1) is 0 Å². The lowest BCUT2D eigenvalue weighted by Gasteiger charge is -2.12. The number of benzene rings is 2. The third-order valence-corrected chi connectivity index (χ3v) is 5.84. The number of rotatable bonds is 5. The molecule has 0 aliphatic heterocycles. The quantitative estimate of drug-likeness (QED) is 0.386. The van der Waals surface area contributed by atoms with Crippen LogP contribution in [0.4, 0.5) is 14.6 Å². The van der Waals surface area contributed by atoms with E-state index in [-0.39, 0.29) is 28.6 Å². The smallest absolute Gasteiger partial charge is 0.226 e. The summed E-state index contributed by atoms with van der Waals surface area (Å²) >= 11 is 1.20. The van der Waals surface area contributed by atoms with Crippen LogP contribution in [0.25, 0.3) is 22.6 Å². The van der Waals surface area contributed by atoms with Crippen molar-refractivity contribution in [3.05, 3.63) is 82.7 Å². The normalized spacial score (nSPS) is 10.6. The van der Waals surface area contributed by atoms with Crippen molar-refractivity contribution in [2.45, 2.75) is 17.7 Å². The predicted octanol–water partition coefficient (Wildman–Crippen LogP) is 5.61. The number of aromatic nitrogens is 2. The van der Waals surface area contributed by atoms with Crippen LogP contribution >= 0.6 is 11.8 Å². The van der Waals surface area contributed by atoms with Crippen LogP contribution in [-0.2, 0) is 5.75 Å². The summed E-state index contributed by atoms with van der Waals surface area (Å²) in [4.78, 5) is 8.56. The van der Waals surface area contributed by atoms with E-state index in [1.54, 1.807) is 0 Å². The third kappa shape index (κ3) is 4.40. The van der Waals surface area contributed by atoms with Gasteiger partial charge in [0.2, 0.25) is 5.89 Å². The second-order valence-corrected chi connectivity index (χ2v) is 8.04. The van der Waals surface area contributed by atoms with Gasteiger partial charge < -0.3 is 10.2 Å². The Labute approximate surface area is 192 Å². The van der Waals surface area contributed by atoms with E-state index >= 15 is 0 Å². The largest absolute Gasteiger partial charge is 0.444 e. The van der Waals surface area contributed by atoms with Gasteiger partial charge in [-0.2, -0.15) is 10.5 Å². The zero-order valence-electron chi connectivity index (χ0n) is 17.3. The maximum absolute atomic E-state index is 13.5. The minimum atomic E-state index is -0.999. The standard InChI is InChI=1S/C24H15F2N5OS/c1-13-2-4-14(5-3-13)21-17(9-27)22(29)31-24(18(21)10-28)33-12-16-11-32-23(30-16)15-6-7-19(25)20(26)8-15/h2-8,11H,12H2,1H3,(H2,29,31). The van der Waals surface area contributed by atoms with Crippen molar-refractivity contribution in [1.29, 1.82) is 10.5 Å². The fourth-order valence-electron chi connectivity index (χ4n) is 3.19. The molecule has 4 rings (SSSR count). The van der Waals surface area contributed by atoms with Crippen LogP contribution in [0.2, 0.25) is 0 Å². The maximum atomic E-state index is 13.5. The Morgan fingerprint density at radius 2 is 1.67 bits per heavy atom. The second-order valence-electron chi connectivity index (χ2n) is 7.08. The van der Waals surface area contributed by atoms with E-state index in [9.17, 15) is 19.3 Å². The molecule has 2 heterocycles. The van der Waals surface area contributed by atoms with Crippen molar-refractivity contribution >= 4 is 17.6 Å². The van der Waals surface area contributed by atoms with Crippen molar-refractivity contribution in [2.24, 2.45) is 0 Å². The summed E-state index contributed by atoms with van der Waals surface area (Å²) in [6, 6.07) is 15.0. The van der Waals surface area contributed by atoms with Crippen LogP contribution in [0, 0.1) is 41.2 Å². The first-order valence-electron chi connectivity index (χ1n) is 9.64. The minimum Gasteiger partial charge on any atom is -0.444 e. The Morgan fingerprint density at radius 1 is 0.970 bits per heavy atom. The molecule has 2 aromatic carbocycles. The Balaban J connectivity index is 1.66. The van der Waals surface area contributed by atoms with Gasteiger partial charge >= 0.3 is 0 Å². The number of hydrogen-bond donors (Lipinski definition) is 1. The number of aryl methyl sites for hydroxylation is 1. The monoisotopic (exact) mass is 459 g/mol. The number of pyridine rings is 1. The first-order valence-corrected chi connectivity index (χ1v) is 10.6. The molecule has 0 radical (unpaired) electrons. The average Bonchev–Trinajstić information content (AvgIpc) is 3.28. The molecule has 2 aromatic heterocycles. The predicted molar refractivity (Wildman–Crippen MR) is 120 cm³/mol. The number of hydrogen-bond acceptors (Lipinski definition) is 7. The molecule has 0 amide bonds. The van der Waals surface area contributed by atoms with E-state index in [1.165, 1.54) is 24.1 Å². The molecule has 0 spiro atoms. The van der Waals surface area contributed by atoms with E-state index in [4.69, 9.17) is 10.2 Å². The van der Waals surface area contributed by atoms with Crippen molar-refractivity contribution in [1.82, 2.24) is 9.97 Å². The number of halogens is 2. The molecule has 9 heteroatoms.